The van der Waals surface area contributed by atoms with Crippen molar-refractivity contribution in [2.75, 3.05) is 5.43 Å². The molecule has 0 unspecified atom stereocenters. The van der Waals surface area contributed by atoms with Gasteiger partial charge in [0.05, 0.1) is 16.9 Å². The molecule has 94 valence electrons. The highest BCUT2D eigenvalue weighted by Gasteiger charge is 2.06. The van der Waals surface area contributed by atoms with E-state index in [9.17, 15) is 0 Å². The molecule has 1 aromatic carbocycles. The normalized spacial score (nSPS) is 10.2. The number of nitrogen functional groups attached to an aromatic ring is 1. The van der Waals surface area contributed by atoms with Crippen LogP contribution in [-0.2, 0) is 0 Å². The van der Waals surface area contributed by atoms with Gasteiger partial charge in [-0.1, -0.05) is 23.2 Å². The van der Waals surface area contributed by atoms with Gasteiger partial charge in [0, 0.05) is 17.2 Å². The minimum absolute atomic E-state index is 0.427. The highest BCUT2D eigenvalue weighted by molar-refractivity contribution is 6.34. The third kappa shape index (κ3) is 2.85. The number of nitrogens with one attached hydrogen (secondary N) is 1. The number of nitrogens with two attached hydrogens (primary N) is 1. The van der Waals surface area contributed by atoms with Crippen LogP contribution in [0.5, 0.6) is 11.6 Å². The first-order valence-corrected chi connectivity index (χ1v) is 5.92. The number of aromatic nitrogens is 1. The number of aryl methyl sites for hydroxylation is 1. The molecule has 0 radical (unpaired) electrons. The average Bonchev–Trinajstić information content (AvgIpc) is 2.34. The van der Waals surface area contributed by atoms with Crippen molar-refractivity contribution in [3.8, 4) is 11.6 Å². The summed E-state index contributed by atoms with van der Waals surface area (Å²) in [6.07, 6.45) is 1.59. The van der Waals surface area contributed by atoms with Crippen LogP contribution >= 0.6 is 23.2 Å². The van der Waals surface area contributed by atoms with Crippen LogP contribution < -0.4 is 16.0 Å². The summed E-state index contributed by atoms with van der Waals surface area (Å²) in [4.78, 5) is 4.11. The highest BCUT2D eigenvalue weighted by atomic mass is 35.5. The molecule has 0 saturated heterocycles. The van der Waals surface area contributed by atoms with Gasteiger partial charge in [-0.2, -0.15) is 0 Å². The Hall–Kier alpha value is -1.49. The smallest absolute Gasteiger partial charge is 0.219 e. The fourth-order valence-electron chi connectivity index (χ4n) is 1.41. The van der Waals surface area contributed by atoms with Gasteiger partial charge < -0.3 is 10.2 Å². The minimum atomic E-state index is 0.427. The average molecular weight is 284 g/mol. The van der Waals surface area contributed by atoms with Gasteiger partial charge in [-0.05, 0) is 24.6 Å². The van der Waals surface area contributed by atoms with Crippen LogP contribution in [0.3, 0.4) is 0 Å². The molecule has 0 aliphatic heterocycles. The van der Waals surface area contributed by atoms with Crippen molar-refractivity contribution >= 4 is 28.9 Å². The minimum Gasteiger partial charge on any atom is -0.437 e. The van der Waals surface area contributed by atoms with Crippen molar-refractivity contribution in [1.82, 2.24) is 4.98 Å². The standard InChI is InChI=1S/C12H11Cl2N3O/c1-7-4-12(16-6-10(7)17-15)18-11-5-8(13)2-3-9(11)14/h2-6,17H,15H2,1H3. The van der Waals surface area contributed by atoms with Crippen molar-refractivity contribution in [2.45, 2.75) is 6.92 Å². The summed E-state index contributed by atoms with van der Waals surface area (Å²) in [6, 6.07) is 6.75. The summed E-state index contributed by atoms with van der Waals surface area (Å²) in [7, 11) is 0. The van der Waals surface area contributed by atoms with Crippen molar-refractivity contribution in [1.29, 1.82) is 0 Å². The summed E-state index contributed by atoms with van der Waals surface area (Å²) in [6.45, 7) is 1.89. The number of nitrogens with zero attached hydrogens (tertiary/aromatic N) is 1. The first-order valence-electron chi connectivity index (χ1n) is 5.16. The zero-order chi connectivity index (χ0) is 13.1. The molecule has 4 nitrogen and oxygen atoms in total. The van der Waals surface area contributed by atoms with Crippen LogP contribution in [0.25, 0.3) is 0 Å². The molecule has 1 heterocycles. The van der Waals surface area contributed by atoms with Crippen LogP contribution in [0.2, 0.25) is 10.0 Å². The zero-order valence-corrected chi connectivity index (χ0v) is 11.1. The van der Waals surface area contributed by atoms with E-state index in [0.717, 1.165) is 11.3 Å². The molecule has 0 amide bonds. The Balaban J connectivity index is 2.28. The summed E-state index contributed by atoms with van der Waals surface area (Å²) in [5, 5.41) is 1.02. The Morgan fingerprint density at radius 3 is 2.72 bits per heavy atom. The monoisotopic (exact) mass is 283 g/mol. The lowest BCUT2D eigenvalue weighted by molar-refractivity contribution is 0.463. The van der Waals surface area contributed by atoms with E-state index in [2.05, 4.69) is 10.4 Å². The number of ether oxygens (including phenoxy) is 1. The van der Waals surface area contributed by atoms with E-state index in [1.807, 2.05) is 6.92 Å². The van der Waals surface area contributed by atoms with Gasteiger partial charge in [0.15, 0.2) is 0 Å². The Labute approximate surface area is 115 Å². The lowest BCUT2D eigenvalue weighted by Crippen LogP contribution is -2.08. The van der Waals surface area contributed by atoms with Gasteiger partial charge in [0.25, 0.3) is 0 Å². The number of hydrogen-bond donors (Lipinski definition) is 2. The molecule has 2 rings (SSSR count). The molecule has 3 N–H and O–H groups in total. The largest absolute Gasteiger partial charge is 0.437 e. The van der Waals surface area contributed by atoms with Crippen LogP contribution in [-0.4, -0.2) is 4.98 Å². The number of hydrogen-bond acceptors (Lipinski definition) is 4. The van der Waals surface area contributed by atoms with Gasteiger partial charge in [0.1, 0.15) is 5.75 Å². The second-order valence-corrected chi connectivity index (χ2v) is 4.50. The lowest BCUT2D eigenvalue weighted by Gasteiger charge is -2.09. The molecule has 18 heavy (non-hydrogen) atoms. The van der Waals surface area contributed by atoms with Crippen molar-refractivity contribution in [3.05, 3.63) is 46.1 Å². The Morgan fingerprint density at radius 1 is 1.28 bits per heavy atom. The SMILES string of the molecule is Cc1cc(Oc2cc(Cl)ccc2Cl)ncc1NN. The molecule has 2 aromatic rings. The van der Waals surface area contributed by atoms with Gasteiger partial charge in [-0.25, -0.2) is 4.98 Å². The molecule has 0 aliphatic rings. The van der Waals surface area contributed by atoms with Crippen LogP contribution in [0.15, 0.2) is 30.5 Å². The maximum Gasteiger partial charge on any atom is 0.219 e. The summed E-state index contributed by atoms with van der Waals surface area (Å²) in [5.41, 5.74) is 4.19. The van der Waals surface area contributed by atoms with Gasteiger partial charge in [-0.3, -0.25) is 5.84 Å². The van der Waals surface area contributed by atoms with Crippen LogP contribution in [0, 0.1) is 6.92 Å². The third-order valence-corrected chi connectivity index (χ3v) is 2.90. The fraction of sp³-hybridized carbons (Fsp3) is 0.0833. The highest BCUT2D eigenvalue weighted by Crippen LogP contribution is 2.31. The summed E-state index contributed by atoms with van der Waals surface area (Å²) >= 11 is 11.9. The third-order valence-electron chi connectivity index (χ3n) is 2.35. The van der Waals surface area contributed by atoms with Crippen LogP contribution in [0.1, 0.15) is 5.56 Å². The number of anilines is 1. The predicted octanol–water partition coefficient (Wildman–Crippen LogP) is 3.77. The molecular weight excluding hydrogens is 273 g/mol. The second-order valence-electron chi connectivity index (χ2n) is 3.66. The molecule has 0 bridgehead atoms. The molecule has 0 fully saturated rings. The van der Waals surface area contributed by atoms with E-state index < -0.39 is 0 Å². The Kier molecular flexibility index (Phi) is 3.91. The fourth-order valence-corrected chi connectivity index (χ4v) is 1.72. The van der Waals surface area contributed by atoms with E-state index in [-0.39, 0.29) is 0 Å². The Morgan fingerprint density at radius 2 is 2.06 bits per heavy atom. The maximum absolute atomic E-state index is 6.00. The molecule has 6 heteroatoms. The van der Waals surface area contributed by atoms with E-state index >= 15 is 0 Å². The second kappa shape index (κ2) is 5.44. The number of hydrazine groups is 1. The quantitative estimate of drug-likeness (QED) is 0.665. The molecule has 0 saturated carbocycles. The number of rotatable bonds is 3. The van der Waals surface area contributed by atoms with Gasteiger partial charge in [-0.15, -0.1) is 0 Å². The van der Waals surface area contributed by atoms with E-state index in [1.54, 1.807) is 30.5 Å². The van der Waals surface area contributed by atoms with Crippen molar-refractivity contribution in [2.24, 2.45) is 5.84 Å². The summed E-state index contributed by atoms with van der Waals surface area (Å²) in [5.74, 6) is 6.22. The molecule has 0 aliphatic carbocycles. The maximum atomic E-state index is 6.00. The van der Waals surface area contributed by atoms with Gasteiger partial charge >= 0.3 is 0 Å². The van der Waals surface area contributed by atoms with Crippen molar-refractivity contribution < 1.29 is 4.74 Å². The lowest BCUT2D eigenvalue weighted by atomic mass is 10.2. The van der Waals surface area contributed by atoms with Crippen molar-refractivity contribution in [3.63, 3.8) is 0 Å². The number of pyridine rings is 1. The Bertz CT molecular complexity index is 575. The molecule has 1 aromatic heterocycles. The zero-order valence-electron chi connectivity index (χ0n) is 9.58. The number of benzene rings is 1. The van der Waals surface area contributed by atoms with E-state index in [4.69, 9.17) is 33.8 Å². The topological polar surface area (TPSA) is 60.2 Å². The first kappa shape index (κ1) is 13.0. The number of halogens is 2. The van der Waals surface area contributed by atoms with E-state index in [1.165, 1.54) is 0 Å². The van der Waals surface area contributed by atoms with Crippen LogP contribution in [0.4, 0.5) is 5.69 Å². The van der Waals surface area contributed by atoms with Gasteiger partial charge in [0.2, 0.25) is 5.88 Å². The summed E-state index contributed by atoms with van der Waals surface area (Å²) < 4.78 is 5.57. The predicted molar refractivity (Wildman–Crippen MR) is 73.3 cm³/mol. The first-order chi connectivity index (χ1) is 8.60. The van der Waals surface area contributed by atoms with E-state index in [0.29, 0.717) is 21.7 Å². The molecule has 0 atom stereocenters. The molecular formula is C12H11Cl2N3O. The molecule has 0 spiro atoms.